The number of hydrogen-bond donors (Lipinski definition) is 2. The molecule has 0 spiro atoms. The summed E-state index contributed by atoms with van der Waals surface area (Å²) in [6.07, 6.45) is 0.985. The fraction of sp³-hybridized carbons (Fsp3) is 0.333. The van der Waals surface area contributed by atoms with Crippen molar-refractivity contribution in [2.45, 2.75) is 32.8 Å². The molecule has 2 aromatic rings. The van der Waals surface area contributed by atoms with Gasteiger partial charge in [0, 0.05) is 17.8 Å². The second-order valence-corrected chi connectivity index (χ2v) is 5.08. The lowest BCUT2D eigenvalue weighted by molar-refractivity contribution is 0.186. The number of anilines is 1. The van der Waals surface area contributed by atoms with E-state index in [0.717, 1.165) is 18.5 Å². The minimum Gasteiger partial charge on any atom is -0.386 e. The number of aliphatic hydroxyl groups excluding tert-OH is 1. The highest BCUT2D eigenvalue weighted by Crippen LogP contribution is 2.24. The van der Waals surface area contributed by atoms with Gasteiger partial charge in [0.25, 0.3) is 0 Å². The van der Waals surface area contributed by atoms with Gasteiger partial charge in [0.1, 0.15) is 5.82 Å². The van der Waals surface area contributed by atoms with Crippen LogP contribution in [0, 0.1) is 5.82 Å². The first kappa shape index (κ1) is 15.5. The topological polar surface area (TPSA) is 32.3 Å². The van der Waals surface area contributed by atoms with Crippen LogP contribution in [0.25, 0.3) is 0 Å². The number of rotatable bonds is 6. The molecular formula is C18H22FNO. The van der Waals surface area contributed by atoms with Crippen molar-refractivity contribution in [3.8, 4) is 0 Å². The number of aryl methyl sites for hydroxylation is 2. The Morgan fingerprint density at radius 1 is 1.00 bits per heavy atom. The Hall–Kier alpha value is -1.87. The van der Waals surface area contributed by atoms with Gasteiger partial charge in [-0.25, -0.2) is 4.39 Å². The molecule has 0 aliphatic rings. The van der Waals surface area contributed by atoms with Crippen LogP contribution in [-0.4, -0.2) is 11.7 Å². The minimum absolute atomic E-state index is 0.297. The summed E-state index contributed by atoms with van der Waals surface area (Å²) in [7, 11) is 0. The molecule has 21 heavy (non-hydrogen) atoms. The van der Waals surface area contributed by atoms with E-state index in [4.69, 9.17) is 0 Å². The fourth-order valence-electron chi connectivity index (χ4n) is 2.52. The summed E-state index contributed by atoms with van der Waals surface area (Å²) in [5.41, 5.74) is 3.83. The molecule has 1 unspecified atom stereocenters. The second kappa shape index (κ2) is 7.23. The number of para-hydroxylation sites is 1. The molecule has 0 amide bonds. The summed E-state index contributed by atoms with van der Waals surface area (Å²) in [6.45, 7) is 4.51. The molecule has 0 aliphatic carbocycles. The standard InChI is InChI=1S/C18H22FNO/c1-3-13-8-7-9-14(4-2)18(13)20-12-17(21)15-10-5-6-11-16(15)19/h5-11,17,20-21H,3-4,12H2,1-2H3. The molecular weight excluding hydrogens is 265 g/mol. The third kappa shape index (κ3) is 3.61. The van der Waals surface area contributed by atoms with E-state index in [-0.39, 0.29) is 5.82 Å². The third-order valence-electron chi connectivity index (χ3n) is 3.74. The summed E-state index contributed by atoms with van der Waals surface area (Å²) >= 11 is 0. The van der Waals surface area contributed by atoms with Gasteiger partial charge in [-0.3, -0.25) is 0 Å². The molecule has 0 aliphatic heterocycles. The Labute approximate surface area is 125 Å². The smallest absolute Gasteiger partial charge is 0.129 e. The fourth-order valence-corrected chi connectivity index (χ4v) is 2.52. The van der Waals surface area contributed by atoms with E-state index in [2.05, 4.69) is 37.4 Å². The van der Waals surface area contributed by atoms with Gasteiger partial charge in [-0.1, -0.05) is 50.2 Å². The summed E-state index contributed by atoms with van der Waals surface area (Å²) < 4.78 is 13.7. The molecule has 1 atom stereocenters. The number of nitrogens with one attached hydrogen (secondary N) is 1. The van der Waals surface area contributed by atoms with Crippen molar-refractivity contribution in [3.63, 3.8) is 0 Å². The Bertz CT molecular complexity index is 575. The van der Waals surface area contributed by atoms with Gasteiger partial charge in [0.15, 0.2) is 0 Å². The highest BCUT2D eigenvalue weighted by molar-refractivity contribution is 5.58. The molecule has 0 radical (unpaired) electrons. The van der Waals surface area contributed by atoms with Crippen LogP contribution in [0.3, 0.4) is 0 Å². The zero-order chi connectivity index (χ0) is 15.2. The Morgan fingerprint density at radius 3 is 2.19 bits per heavy atom. The molecule has 3 heteroatoms. The van der Waals surface area contributed by atoms with E-state index >= 15 is 0 Å². The van der Waals surface area contributed by atoms with E-state index < -0.39 is 6.10 Å². The van der Waals surface area contributed by atoms with E-state index in [1.807, 2.05) is 0 Å². The van der Waals surface area contributed by atoms with Crippen LogP contribution in [-0.2, 0) is 12.8 Å². The van der Waals surface area contributed by atoms with Crippen molar-refractivity contribution in [1.29, 1.82) is 0 Å². The largest absolute Gasteiger partial charge is 0.386 e. The maximum atomic E-state index is 13.7. The van der Waals surface area contributed by atoms with Gasteiger partial charge in [0.2, 0.25) is 0 Å². The number of benzene rings is 2. The first-order chi connectivity index (χ1) is 10.2. The predicted molar refractivity (Wildman–Crippen MR) is 85.0 cm³/mol. The van der Waals surface area contributed by atoms with Crippen LogP contribution >= 0.6 is 0 Å². The minimum atomic E-state index is -0.860. The normalized spacial score (nSPS) is 12.2. The summed E-state index contributed by atoms with van der Waals surface area (Å²) in [4.78, 5) is 0. The Kier molecular flexibility index (Phi) is 5.34. The predicted octanol–water partition coefficient (Wildman–Crippen LogP) is 4.10. The highest BCUT2D eigenvalue weighted by Gasteiger charge is 2.13. The van der Waals surface area contributed by atoms with Crippen LogP contribution < -0.4 is 5.32 Å². The van der Waals surface area contributed by atoms with Gasteiger partial charge < -0.3 is 10.4 Å². The molecule has 0 saturated carbocycles. The van der Waals surface area contributed by atoms with Crippen LogP contribution in [0.5, 0.6) is 0 Å². The van der Waals surface area contributed by atoms with Gasteiger partial charge in [0.05, 0.1) is 6.10 Å². The quantitative estimate of drug-likeness (QED) is 0.838. The Morgan fingerprint density at radius 2 is 1.62 bits per heavy atom. The average molecular weight is 287 g/mol. The zero-order valence-electron chi connectivity index (χ0n) is 12.6. The lowest BCUT2D eigenvalue weighted by Crippen LogP contribution is -2.15. The van der Waals surface area contributed by atoms with Crippen LogP contribution in [0.2, 0.25) is 0 Å². The van der Waals surface area contributed by atoms with Crippen LogP contribution in [0.15, 0.2) is 42.5 Å². The number of halogens is 1. The SMILES string of the molecule is CCc1cccc(CC)c1NCC(O)c1ccccc1F. The molecule has 0 aromatic heterocycles. The van der Waals surface area contributed by atoms with Crippen molar-refractivity contribution >= 4 is 5.69 Å². The molecule has 2 nitrogen and oxygen atoms in total. The van der Waals surface area contributed by atoms with Crippen molar-refractivity contribution in [2.75, 3.05) is 11.9 Å². The molecule has 0 bridgehead atoms. The molecule has 0 saturated heterocycles. The van der Waals surface area contributed by atoms with Crippen LogP contribution in [0.1, 0.15) is 36.6 Å². The summed E-state index contributed by atoms with van der Waals surface area (Å²) in [6, 6.07) is 12.6. The van der Waals surface area contributed by atoms with Gasteiger partial charge in [-0.2, -0.15) is 0 Å². The second-order valence-electron chi connectivity index (χ2n) is 5.08. The van der Waals surface area contributed by atoms with Gasteiger partial charge in [-0.15, -0.1) is 0 Å². The van der Waals surface area contributed by atoms with E-state index in [1.165, 1.54) is 17.2 Å². The van der Waals surface area contributed by atoms with E-state index in [1.54, 1.807) is 18.2 Å². The maximum Gasteiger partial charge on any atom is 0.129 e. The first-order valence-electron chi connectivity index (χ1n) is 7.44. The molecule has 112 valence electrons. The highest BCUT2D eigenvalue weighted by atomic mass is 19.1. The molecule has 2 rings (SSSR count). The monoisotopic (exact) mass is 287 g/mol. The van der Waals surface area contributed by atoms with Gasteiger partial charge >= 0.3 is 0 Å². The first-order valence-corrected chi connectivity index (χ1v) is 7.44. The molecule has 2 aromatic carbocycles. The number of hydrogen-bond acceptors (Lipinski definition) is 2. The van der Waals surface area contributed by atoms with Crippen LogP contribution in [0.4, 0.5) is 10.1 Å². The van der Waals surface area contributed by atoms with Gasteiger partial charge in [-0.05, 0) is 30.0 Å². The summed E-state index contributed by atoms with van der Waals surface area (Å²) in [5, 5.41) is 13.5. The average Bonchev–Trinajstić information content (AvgIpc) is 2.52. The number of aliphatic hydroxyl groups is 1. The molecule has 2 N–H and O–H groups in total. The van der Waals surface area contributed by atoms with E-state index in [0.29, 0.717) is 12.1 Å². The van der Waals surface area contributed by atoms with Crippen molar-refractivity contribution in [1.82, 2.24) is 0 Å². The van der Waals surface area contributed by atoms with Crippen molar-refractivity contribution in [3.05, 3.63) is 65.0 Å². The lowest BCUT2D eigenvalue weighted by Gasteiger charge is -2.18. The third-order valence-corrected chi connectivity index (χ3v) is 3.74. The Balaban J connectivity index is 2.15. The molecule has 0 fully saturated rings. The lowest BCUT2D eigenvalue weighted by atomic mass is 10.0. The summed E-state index contributed by atoms with van der Waals surface area (Å²) in [5.74, 6) is -0.369. The van der Waals surface area contributed by atoms with Crippen molar-refractivity contribution < 1.29 is 9.50 Å². The van der Waals surface area contributed by atoms with Crippen molar-refractivity contribution in [2.24, 2.45) is 0 Å². The maximum absolute atomic E-state index is 13.7. The zero-order valence-corrected chi connectivity index (χ0v) is 12.6. The molecule has 0 heterocycles. The van der Waals surface area contributed by atoms with E-state index in [9.17, 15) is 9.50 Å².